The molecule has 1 amide bonds. The van der Waals surface area contributed by atoms with Gasteiger partial charge in [0.05, 0.1) is 17.6 Å². The zero-order valence-corrected chi connectivity index (χ0v) is 16.3. The van der Waals surface area contributed by atoms with E-state index in [0.717, 1.165) is 33.4 Å². The van der Waals surface area contributed by atoms with E-state index >= 15 is 0 Å². The number of benzene rings is 1. The van der Waals surface area contributed by atoms with E-state index in [1.807, 2.05) is 30.1 Å². The molecule has 11 heteroatoms. The molecule has 0 bridgehead atoms. The Morgan fingerprint density at radius 2 is 2.00 bits per heavy atom. The summed E-state index contributed by atoms with van der Waals surface area (Å²) in [4.78, 5) is 47.0. The number of aryl methyl sites for hydroxylation is 1. The third kappa shape index (κ3) is 3.54. The molecule has 2 aromatic heterocycles. The van der Waals surface area contributed by atoms with Crippen molar-refractivity contribution in [2.45, 2.75) is 38.0 Å². The number of nitrogens with zero attached hydrogens (tertiary/aromatic N) is 3. The van der Waals surface area contributed by atoms with Gasteiger partial charge in [-0.3, -0.25) is 19.1 Å². The van der Waals surface area contributed by atoms with Crippen molar-refractivity contribution in [3.05, 3.63) is 62.7 Å². The Bertz CT molecular complexity index is 1210. The number of rotatable bonds is 4. The minimum absolute atomic E-state index is 0.124. The van der Waals surface area contributed by atoms with Gasteiger partial charge in [-0.05, 0) is 24.6 Å². The number of nitrogens with one attached hydrogen (secondary N) is 2. The fourth-order valence-corrected chi connectivity index (χ4v) is 3.49. The molecule has 158 valence electrons. The predicted molar refractivity (Wildman–Crippen MR) is 105 cm³/mol. The molecule has 11 nitrogen and oxygen atoms in total. The summed E-state index contributed by atoms with van der Waals surface area (Å²) in [5.74, 6) is -0.0361. The van der Waals surface area contributed by atoms with Crippen molar-refractivity contribution < 1.29 is 19.7 Å². The second kappa shape index (κ2) is 7.52. The lowest BCUT2D eigenvalue weighted by Crippen LogP contribution is -2.43. The molecule has 0 saturated carbocycles. The minimum Gasteiger partial charge on any atom is -0.387 e. The van der Waals surface area contributed by atoms with Gasteiger partial charge in [0.2, 0.25) is 0 Å². The number of imidazole rings is 1. The summed E-state index contributed by atoms with van der Waals surface area (Å²) < 4.78 is 6.43. The maximum absolute atomic E-state index is 12.8. The van der Waals surface area contributed by atoms with Crippen LogP contribution in [0.25, 0.3) is 11.0 Å². The predicted octanol–water partition coefficient (Wildman–Crippen LogP) is -1.00. The SMILES string of the molecule is Cc1ccc2nc(CN(C)C(=O)[C@H]3O[C@@H](n4ccc(=O)[nH]c4=O)[C@H](O)[C@@H]3O)[nH]c2c1. The first kappa shape index (κ1) is 20.0. The van der Waals surface area contributed by atoms with Crippen LogP contribution in [0.4, 0.5) is 0 Å². The van der Waals surface area contributed by atoms with Crippen LogP contribution >= 0.6 is 0 Å². The Morgan fingerprint density at radius 1 is 1.23 bits per heavy atom. The molecule has 1 aliphatic rings. The van der Waals surface area contributed by atoms with Crippen LogP contribution < -0.4 is 11.2 Å². The number of H-pyrrole nitrogens is 2. The van der Waals surface area contributed by atoms with E-state index in [1.54, 1.807) is 0 Å². The standard InChI is InChI=1S/C19H21N5O6/c1-9-3-4-10-11(7-9)21-12(20-10)8-23(2)17(28)16-14(26)15(27)18(30-16)24-6-5-13(25)22-19(24)29/h3-7,14-16,18,26-27H,8H2,1-2H3,(H,20,21)(H,22,25,29)/t14-,15+,16-,18+/m0/s1. The Morgan fingerprint density at radius 3 is 2.73 bits per heavy atom. The molecular formula is C19H21N5O6. The Balaban J connectivity index is 1.51. The zero-order chi connectivity index (χ0) is 21.6. The van der Waals surface area contributed by atoms with Crippen LogP contribution in [0.3, 0.4) is 0 Å². The second-order valence-corrected chi connectivity index (χ2v) is 7.34. The van der Waals surface area contributed by atoms with Gasteiger partial charge in [0.1, 0.15) is 18.0 Å². The molecule has 3 aromatic rings. The molecule has 1 aromatic carbocycles. The molecule has 0 unspecified atom stereocenters. The topological polar surface area (TPSA) is 154 Å². The Labute approximate surface area is 169 Å². The summed E-state index contributed by atoms with van der Waals surface area (Å²) in [6, 6.07) is 6.83. The van der Waals surface area contributed by atoms with Gasteiger partial charge in [-0.1, -0.05) is 6.07 Å². The average Bonchev–Trinajstić information content (AvgIpc) is 3.22. The van der Waals surface area contributed by atoms with Crippen molar-refractivity contribution >= 4 is 16.9 Å². The van der Waals surface area contributed by atoms with E-state index in [9.17, 15) is 24.6 Å². The monoisotopic (exact) mass is 415 g/mol. The Kier molecular flexibility index (Phi) is 5.02. The zero-order valence-electron chi connectivity index (χ0n) is 16.3. The fraction of sp³-hybridized carbons (Fsp3) is 0.368. The number of fused-ring (bicyclic) bond motifs is 1. The van der Waals surface area contributed by atoms with Gasteiger partial charge in [0, 0.05) is 19.3 Å². The number of amides is 1. The van der Waals surface area contributed by atoms with Crippen molar-refractivity contribution in [3.8, 4) is 0 Å². The van der Waals surface area contributed by atoms with Crippen LogP contribution in [0.5, 0.6) is 0 Å². The van der Waals surface area contributed by atoms with Crippen LogP contribution in [0, 0.1) is 6.92 Å². The number of aromatic amines is 2. The first-order valence-electron chi connectivity index (χ1n) is 9.28. The number of aliphatic hydroxyl groups excluding tert-OH is 2. The average molecular weight is 415 g/mol. The van der Waals surface area contributed by atoms with Crippen molar-refractivity contribution in [1.82, 2.24) is 24.4 Å². The third-order valence-corrected chi connectivity index (χ3v) is 5.06. The number of aromatic nitrogens is 4. The van der Waals surface area contributed by atoms with E-state index in [1.165, 1.54) is 11.9 Å². The molecule has 3 heterocycles. The highest BCUT2D eigenvalue weighted by Crippen LogP contribution is 2.29. The van der Waals surface area contributed by atoms with E-state index in [2.05, 4.69) is 9.97 Å². The van der Waals surface area contributed by atoms with Gasteiger partial charge in [0.15, 0.2) is 12.3 Å². The molecule has 4 atom stereocenters. The lowest BCUT2D eigenvalue weighted by molar-refractivity contribution is -0.148. The first-order valence-corrected chi connectivity index (χ1v) is 9.28. The summed E-state index contributed by atoms with van der Waals surface area (Å²) in [5, 5.41) is 20.6. The van der Waals surface area contributed by atoms with Crippen molar-refractivity contribution in [3.63, 3.8) is 0 Å². The quantitative estimate of drug-likeness (QED) is 0.426. The highest BCUT2D eigenvalue weighted by molar-refractivity contribution is 5.82. The third-order valence-electron chi connectivity index (χ3n) is 5.06. The van der Waals surface area contributed by atoms with E-state index in [0.29, 0.717) is 5.82 Å². The molecule has 0 radical (unpaired) electrons. The number of carbonyl (C=O) groups is 1. The van der Waals surface area contributed by atoms with E-state index in [-0.39, 0.29) is 6.54 Å². The highest BCUT2D eigenvalue weighted by Gasteiger charge is 2.48. The van der Waals surface area contributed by atoms with Crippen molar-refractivity contribution in [1.29, 1.82) is 0 Å². The van der Waals surface area contributed by atoms with Crippen LogP contribution in [0.1, 0.15) is 17.6 Å². The normalized spacial score (nSPS) is 23.7. The summed E-state index contributed by atoms with van der Waals surface area (Å²) in [7, 11) is 1.52. The minimum atomic E-state index is -1.55. The number of ether oxygens (including phenoxy) is 1. The molecule has 1 saturated heterocycles. The number of likely N-dealkylation sites (N-methyl/N-ethyl adjacent to an activating group) is 1. The van der Waals surface area contributed by atoms with Crippen LogP contribution in [0.15, 0.2) is 40.1 Å². The molecule has 1 fully saturated rings. The lowest BCUT2D eigenvalue weighted by Gasteiger charge is -2.21. The van der Waals surface area contributed by atoms with Gasteiger partial charge in [-0.25, -0.2) is 9.78 Å². The Hall–Kier alpha value is -3.28. The fourth-order valence-electron chi connectivity index (χ4n) is 3.49. The molecule has 0 spiro atoms. The molecule has 1 aliphatic heterocycles. The summed E-state index contributed by atoms with van der Waals surface area (Å²) in [5.41, 5.74) is 1.25. The van der Waals surface area contributed by atoms with Crippen molar-refractivity contribution in [2.24, 2.45) is 0 Å². The smallest absolute Gasteiger partial charge is 0.330 e. The molecule has 4 rings (SSSR count). The highest BCUT2D eigenvalue weighted by atomic mass is 16.6. The summed E-state index contributed by atoms with van der Waals surface area (Å²) >= 11 is 0. The van der Waals surface area contributed by atoms with E-state index < -0.39 is 41.7 Å². The number of hydrogen-bond donors (Lipinski definition) is 4. The van der Waals surface area contributed by atoms with E-state index in [4.69, 9.17) is 4.74 Å². The molecular weight excluding hydrogens is 394 g/mol. The van der Waals surface area contributed by atoms with Gasteiger partial charge in [-0.2, -0.15) is 0 Å². The maximum atomic E-state index is 12.8. The molecule has 0 aliphatic carbocycles. The van der Waals surface area contributed by atoms with Gasteiger partial charge >= 0.3 is 5.69 Å². The van der Waals surface area contributed by atoms with Crippen LogP contribution in [-0.4, -0.2) is 65.9 Å². The molecule has 30 heavy (non-hydrogen) atoms. The van der Waals surface area contributed by atoms with Gasteiger partial charge in [-0.15, -0.1) is 0 Å². The van der Waals surface area contributed by atoms with Crippen molar-refractivity contribution in [2.75, 3.05) is 7.05 Å². The van der Waals surface area contributed by atoms with Crippen LogP contribution in [0.2, 0.25) is 0 Å². The van der Waals surface area contributed by atoms with Gasteiger partial charge in [0.25, 0.3) is 11.5 Å². The first-order chi connectivity index (χ1) is 14.2. The largest absolute Gasteiger partial charge is 0.387 e. The van der Waals surface area contributed by atoms with Gasteiger partial charge < -0.3 is 24.8 Å². The summed E-state index contributed by atoms with van der Waals surface area (Å²) in [6.45, 7) is 2.09. The molecule has 4 N–H and O–H groups in total. The summed E-state index contributed by atoms with van der Waals surface area (Å²) in [6.07, 6.45) is -4.66. The number of hydrogen-bond acceptors (Lipinski definition) is 7. The number of carbonyl (C=O) groups excluding carboxylic acids is 1. The van der Waals surface area contributed by atoms with Crippen LogP contribution in [-0.2, 0) is 16.1 Å². The second-order valence-electron chi connectivity index (χ2n) is 7.34. The lowest BCUT2D eigenvalue weighted by atomic mass is 10.1. The number of aliphatic hydroxyl groups is 2. The maximum Gasteiger partial charge on any atom is 0.330 e.